The Hall–Kier alpha value is -3.76. The lowest BCUT2D eigenvalue weighted by Crippen LogP contribution is -2.37. The zero-order chi connectivity index (χ0) is 24.8. The van der Waals surface area contributed by atoms with E-state index in [1.54, 1.807) is 7.11 Å². The number of fused-ring (bicyclic) bond motifs is 7. The second kappa shape index (κ2) is 9.03. The van der Waals surface area contributed by atoms with Crippen molar-refractivity contribution in [2.45, 2.75) is 39.0 Å². The zero-order valence-corrected chi connectivity index (χ0v) is 21.1. The van der Waals surface area contributed by atoms with Gasteiger partial charge < -0.3 is 19.1 Å². The Morgan fingerprint density at radius 1 is 1.06 bits per heavy atom. The molecule has 0 saturated carbocycles. The van der Waals surface area contributed by atoms with Crippen molar-refractivity contribution >= 4 is 11.1 Å². The van der Waals surface area contributed by atoms with Crippen molar-refractivity contribution in [2.75, 3.05) is 7.11 Å². The summed E-state index contributed by atoms with van der Waals surface area (Å²) in [7, 11) is 1.70. The van der Waals surface area contributed by atoms with E-state index in [2.05, 4.69) is 90.9 Å². The van der Waals surface area contributed by atoms with Crippen LogP contribution in [0.25, 0.3) is 11.1 Å². The summed E-state index contributed by atoms with van der Waals surface area (Å²) in [5.74, 6) is 1.97. The maximum atomic E-state index is 6.70. The van der Waals surface area contributed by atoms with E-state index in [0.717, 1.165) is 17.2 Å². The van der Waals surface area contributed by atoms with Crippen molar-refractivity contribution in [3.05, 3.63) is 125 Å². The zero-order valence-electron chi connectivity index (χ0n) is 21.1. The highest BCUT2D eigenvalue weighted by Crippen LogP contribution is 2.53. The minimum Gasteiger partial charge on any atom is -0.484 e. The second-order valence-corrected chi connectivity index (χ2v) is 9.80. The van der Waals surface area contributed by atoms with Gasteiger partial charge in [-0.05, 0) is 55.2 Å². The van der Waals surface area contributed by atoms with Gasteiger partial charge in [-0.1, -0.05) is 66.8 Å². The van der Waals surface area contributed by atoms with Crippen LogP contribution in [0.5, 0.6) is 5.75 Å². The maximum Gasteiger partial charge on any atom is 0.134 e. The molecule has 0 radical (unpaired) electrons. The predicted molar refractivity (Wildman–Crippen MR) is 144 cm³/mol. The van der Waals surface area contributed by atoms with E-state index in [1.165, 1.54) is 33.4 Å². The number of benzene rings is 2. The fourth-order valence-electron chi connectivity index (χ4n) is 5.69. The molecule has 4 aliphatic rings. The van der Waals surface area contributed by atoms with Crippen molar-refractivity contribution < 1.29 is 14.2 Å². The number of hydrogen-bond donors (Lipinski definition) is 0. The number of hydrogen-bond acceptors (Lipinski definition) is 4. The third kappa shape index (κ3) is 3.73. The van der Waals surface area contributed by atoms with E-state index in [0.29, 0.717) is 0 Å². The Bertz CT molecular complexity index is 1380. The van der Waals surface area contributed by atoms with E-state index in [9.17, 15) is 0 Å². The molecule has 2 aromatic carbocycles. The molecule has 0 spiro atoms. The standard InChI is InChI=1S/C32H31NO3/c1-20-9-8-12-25-26-13-14-27-29(19-35-22(3)17-21(2)34-4)33-16-15-24(23-10-6-5-7-11-23)18-28(33)30(27)32(26)36-31(20)25/h5-19,21,28,30,32H,1-4H3/b22-17-,29-19+. The maximum absolute atomic E-state index is 6.70. The SMILES string of the molecule is COC(C)/C=C(/C)O/C=C1\C2=CC=C3c4cccc(C)c4OC3C2C2C=C(c3ccccc3)C=CN12. The minimum absolute atomic E-state index is 0.00765. The van der Waals surface area contributed by atoms with Crippen molar-refractivity contribution in [3.63, 3.8) is 0 Å². The van der Waals surface area contributed by atoms with Gasteiger partial charge in [0, 0.05) is 24.4 Å². The first-order valence-corrected chi connectivity index (χ1v) is 12.6. The third-order valence-electron chi connectivity index (χ3n) is 7.53. The summed E-state index contributed by atoms with van der Waals surface area (Å²) in [4.78, 5) is 2.33. The van der Waals surface area contributed by atoms with Gasteiger partial charge in [-0.25, -0.2) is 0 Å². The molecule has 4 nitrogen and oxygen atoms in total. The lowest BCUT2D eigenvalue weighted by Gasteiger charge is -2.31. The number of aryl methyl sites for hydroxylation is 1. The highest BCUT2D eigenvalue weighted by molar-refractivity contribution is 5.83. The molecular weight excluding hydrogens is 446 g/mol. The van der Waals surface area contributed by atoms with Crippen LogP contribution in [0.3, 0.4) is 0 Å². The van der Waals surface area contributed by atoms with Crippen LogP contribution >= 0.6 is 0 Å². The normalized spacial score (nSPS) is 25.7. The first kappa shape index (κ1) is 22.7. The highest BCUT2D eigenvalue weighted by Gasteiger charge is 2.50. The number of ether oxygens (including phenoxy) is 3. The van der Waals surface area contributed by atoms with Crippen molar-refractivity contribution in [1.82, 2.24) is 4.90 Å². The van der Waals surface area contributed by atoms with E-state index in [-0.39, 0.29) is 24.2 Å². The van der Waals surface area contributed by atoms with Crippen LogP contribution in [0.2, 0.25) is 0 Å². The predicted octanol–water partition coefficient (Wildman–Crippen LogP) is 6.79. The average molecular weight is 478 g/mol. The van der Waals surface area contributed by atoms with Gasteiger partial charge in [0.1, 0.15) is 18.1 Å². The first-order chi connectivity index (χ1) is 17.5. The summed E-state index contributed by atoms with van der Waals surface area (Å²) < 4.78 is 18.2. The number of para-hydroxylation sites is 1. The summed E-state index contributed by atoms with van der Waals surface area (Å²) in [6.45, 7) is 6.08. The Balaban J connectivity index is 1.42. The number of methoxy groups -OCH3 is 1. The number of rotatable bonds is 5. The molecule has 4 heteroatoms. The largest absolute Gasteiger partial charge is 0.484 e. The minimum atomic E-state index is -0.0376. The average Bonchev–Trinajstić information content (AvgIpc) is 3.44. The topological polar surface area (TPSA) is 30.9 Å². The van der Waals surface area contributed by atoms with Crippen molar-refractivity contribution in [3.8, 4) is 5.75 Å². The monoisotopic (exact) mass is 477 g/mol. The van der Waals surface area contributed by atoms with Crippen molar-refractivity contribution in [2.24, 2.45) is 5.92 Å². The Morgan fingerprint density at radius 3 is 2.67 bits per heavy atom. The summed E-state index contributed by atoms with van der Waals surface area (Å²) in [5, 5.41) is 0. The van der Waals surface area contributed by atoms with E-state index in [1.807, 2.05) is 26.2 Å². The van der Waals surface area contributed by atoms with Crippen LogP contribution in [0.15, 0.2) is 108 Å². The summed E-state index contributed by atoms with van der Waals surface area (Å²) in [6, 6.07) is 17.1. The molecule has 1 saturated heterocycles. The van der Waals surface area contributed by atoms with Gasteiger partial charge in [-0.2, -0.15) is 0 Å². The molecule has 0 amide bonds. The van der Waals surface area contributed by atoms with Gasteiger partial charge in [0.2, 0.25) is 0 Å². The summed E-state index contributed by atoms with van der Waals surface area (Å²) >= 11 is 0. The molecular formula is C32H31NO3. The lowest BCUT2D eigenvalue weighted by atomic mass is 9.79. The molecule has 0 aromatic heterocycles. The van der Waals surface area contributed by atoms with Crippen LogP contribution in [0.1, 0.15) is 30.5 Å². The molecule has 36 heavy (non-hydrogen) atoms. The van der Waals surface area contributed by atoms with Crippen LogP contribution < -0.4 is 4.74 Å². The fourth-order valence-corrected chi connectivity index (χ4v) is 5.69. The van der Waals surface area contributed by atoms with Crippen LogP contribution in [0, 0.1) is 12.8 Å². The van der Waals surface area contributed by atoms with Crippen LogP contribution in [-0.2, 0) is 9.47 Å². The van der Waals surface area contributed by atoms with Gasteiger partial charge >= 0.3 is 0 Å². The molecule has 182 valence electrons. The number of allylic oxidation sites excluding steroid dienone is 6. The molecule has 2 aromatic rings. The van der Waals surface area contributed by atoms with Crippen molar-refractivity contribution in [1.29, 1.82) is 0 Å². The molecule has 3 aliphatic heterocycles. The Labute approximate surface area is 213 Å². The van der Waals surface area contributed by atoms with E-state index < -0.39 is 0 Å². The van der Waals surface area contributed by atoms with Crippen LogP contribution in [0.4, 0.5) is 0 Å². The van der Waals surface area contributed by atoms with Gasteiger partial charge in [0.05, 0.1) is 29.5 Å². The van der Waals surface area contributed by atoms with Gasteiger partial charge in [0.15, 0.2) is 0 Å². The molecule has 0 bridgehead atoms. The first-order valence-electron chi connectivity index (χ1n) is 12.6. The van der Waals surface area contributed by atoms with Gasteiger partial charge in [0.25, 0.3) is 0 Å². The second-order valence-electron chi connectivity index (χ2n) is 9.80. The molecule has 4 atom stereocenters. The van der Waals surface area contributed by atoms with Gasteiger partial charge in [-0.3, -0.25) is 0 Å². The smallest absolute Gasteiger partial charge is 0.134 e. The summed E-state index contributed by atoms with van der Waals surface area (Å²) in [5.41, 5.74) is 8.40. The number of nitrogens with zero attached hydrogens (tertiary/aromatic N) is 1. The Kier molecular flexibility index (Phi) is 5.69. The molecule has 1 fully saturated rings. The van der Waals surface area contributed by atoms with Crippen LogP contribution in [-0.4, -0.2) is 30.3 Å². The fraction of sp³-hybridized carbons (Fsp3) is 0.250. The third-order valence-corrected chi connectivity index (χ3v) is 7.53. The van der Waals surface area contributed by atoms with E-state index in [4.69, 9.17) is 14.2 Å². The summed E-state index contributed by atoms with van der Waals surface area (Å²) in [6.07, 6.45) is 15.1. The Morgan fingerprint density at radius 2 is 1.86 bits per heavy atom. The van der Waals surface area contributed by atoms with Gasteiger partial charge in [-0.15, -0.1) is 0 Å². The molecule has 6 rings (SSSR count). The molecule has 4 unspecified atom stereocenters. The molecule has 1 aliphatic carbocycles. The lowest BCUT2D eigenvalue weighted by molar-refractivity contribution is 0.152. The quantitative estimate of drug-likeness (QED) is 0.444. The molecule has 0 N–H and O–H groups in total. The molecule has 3 heterocycles. The van der Waals surface area contributed by atoms with E-state index >= 15 is 0 Å². The highest BCUT2D eigenvalue weighted by atomic mass is 16.5.